The lowest BCUT2D eigenvalue weighted by Gasteiger charge is -2.14. The zero-order chi connectivity index (χ0) is 12.8. The summed E-state index contributed by atoms with van der Waals surface area (Å²) in [5, 5.41) is 0. The van der Waals surface area contributed by atoms with Gasteiger partial charge in [0.25, 0.3) is 0 Å². The molecular weight excluding hydrogens is 214 g/mol. The molecule has 0 aliphatic rings. The van der Waals surface area contributed by atoms with Crippen LogP contribution >= 0.6 is 0 Å². The number of carbonyl (C=O) groups excluding carboxylic acids is 1. The van der Waals surface area contributed by atoms with Crippen molar-refractivity contribution in [3.05, 3.63) is 34.9 Å². The molecule has 3 heteroatoms. The Hall–Kier alpha value is -1.35. The van der Waals surface area contributed by atoms with Crippen LogP contribution in [0.3, 0.4) is 0 Å². The van der Waals surface area contributed by atoms with Crippen LogP contribution in [0, 0.1) is 13.8 Å². The number of carbonyl (C=O) groups is 1. The quantitative estimate of drug-likeness (QED) is 0.798. The summed E-state index contributed by atoms with van der Waals surface area (Å²) < 4.78 is 4.60. The Kier molecular flexibility index (Phi) is 5.16. The minimum atomic E-state index is -0.169. The van der Waals surface area contributed by atoms with Gasteiger partial charge < -0.3 is 10.5 Å². The van der Waals surface area contributed by atoms with Crippen molar-refractivity contribution in [1.29, 1.82) is 0 Å². The lowest BCUT2D eigenvalue weighted by molar-refractivity contribution is -0.140. The normalized spacial score (nSPS) is 12.2. The van der Waals surface area contributed by atoms with Crippen LogP contribution in [0.2, 0.25) is 0 Å². The van der Waals surface area contributed by atoms with Crippen molar-refractivity contribution in [3.63, 3.8) is 0 Å². The summed E-state index contributed by atoms with van der Waals surface area (Å²) in [5.74, 6) is -0.169. The summed E-state index contributed by atoms with van der Waals surface area (Å²) in [4.78, 5) is 11.0. The number of nitrogens with two attached hydrogens (primary N) is 1. The minimum absolute atomic E-state index is 0.000237. The van der Waals surface area contributed by atoms with Gasteiger partial charge in [-0.25, -0.2) is 0 Å². The number of methoxy groups -OCH3 is 1. The molecule has 1 unspecified atom stereocenters. The first kappa shape index (κ1) is 13.7. The maximum Gasteiger partial charge on any atom is 0.305 e. The van der Waals surface area contributed by atoms with E-state index in [0.717, 1.165) is 12.8 Å². The number of hydrogen-bond donors (Lipinski definition) is 1. The highest BCUT2D eigenvalue weighted by Gasteiger charge is 2.10. The average molecular weight is 235 g/mol. The summed E-state index contributed by atoms with van der Waals surface area (Å²) in [7, 11) is 1.41. The first-order chi connectivity index (χ1) is 8.04. The summed E-state index contributed by atoms with van der Waals surface area (Å²) >= 11 is 0. The smallest absolute Gasteiger partial charge is 0.305 e. The Morgan fingerprint density at radius 1 is 1.41 bits per heavy atom. The fourth-order valence-corrected chi connectivity index (χ4v) is 1.97. The molecule has 1 atom stereocenters. The Morgan fingerprint density at radius 3 is 2.71 bits per heavy atom. The number of hydrogen-bond acceptors (Lipinski definition) is 3. The summed E-state index contributed by atoms with van der Waals surface area (Å²) in [6.45, 7) is 4.14. The van der Waals surface area contributed by atoms with Gasteiger partial charge in [-0.2, -0.15) is 0 Å². The predicted molar refractivity (Wildman–Crippen MR) is 68.7 cm³/mol. The molecule has 0 spiro atoms. The molecule has 0 fully saturated rings. The number of benzene rings is 1. The van der Waals surface area contributed by atoms with Crippen LogP contribution in [0.25, 0.3) is 0 Å². The molecule has 17 heavy (non-hydrogen) atoms. The zero-order valence-electron chi connectivity index (χ0n) is 10.8. The van der Waals surface area contributed by atoms with E-state index in [9.17, 15) is 4.79 Å². The predicted octanol–water partition coefficient (Wildman–Crippen LogP) is 2.65. The van der Waals surface area contributed by atoms with E-state index in [1.165, 1.54) is 23.8 Å². The van der Waals surface area contributed by atoms with Crippen molar-refractivity contribution in [3.8, 4) is 0 Å². The molecule has 3 nitrogen and oxygen atoms in total. The lowest BCUT2D eigenvalue weighted by atomic mass is 9.96. The molecule has 0 radical (unpaired) electrons. The van der Waals surface area contributed by atoms with E-state index in [4.69, 9.17) is 5.73 Å². The number of rotatable bonds is 5. The number of ether oxygens (including phenoxy) is 1. The first-order valence-electron chi connectivity index (χ1n) is 5.94. The third-order valence-electron chi connectivity index (χ3n) is 2.95. The van der Waals surface area contributed by atoms with Crippen LogP contribution in [0.15, 0.2) is 18.2 Å². The van der Waals surface area contributed by atoms with Gasteiger partial charge >= 0.3 is 5.97 Å². The van der Waals surface area contributed by atoms with Gasteiger partial charge in [0, 0.05) is 12.5 Å². The van der Waals surface area contributed by atoms with Crippen LogP contribution in [-0.2, 0) is 9.53 Å². The van der Waals surface area contributed by atoms with Crippen molar-refractivity contribution in [1.82, 2.24) is 0 Å². The van der Waals surface area contributed by atoms with Gasteiger partial charge in [-0.15, -0.1) is 0 Å². The van der Waals surface area contributed by atoms with Gasteiger partial charge in [-0.3, -0.25) is 4.79 Å². The van der Waals surface area contributed by atoms with E-state index < -0.39 is 0 Å². The molecule has 2 N–H and O–H groups in total. The average Bonchev–Trinajstić information content (AvgIpc) is 2.28. The maximum absolute atomic E-state index is 11.0. The second-order valence-electron chi connectivity index (χ2n) is 4.43. The molecule has 0 aliphatic carbocycles. The third kappa shape index (κ3) is 4.19. The highest BCUT2D eigenvalue weighted by molar-refractivity contribution is 5.69. The van der Waals surface area contributed by atoms with Crippen LogP contribution in [0.1, 0.15) is 42.0 Å². The molecular formula is C14H21NO2. The van der Waals surface area contributed by atoms with Gasteiger partial charge in [0.1, 0.15) is 0 Å². The van der Waals surface area contributed by atoms with Gasteiger partial charge in [0.2, 0.25) is 0 Å². The molecule has 0 saturated heterocycles. The summed E-state index contributed by atoms with van der Waals surface area (Å²) in [6.07, 6.45) is 2.01. The Bertz CT molecular complexity index is 388. The zero-order valence-corrected chi connectivity index (χ0v) is 10.8. The van der Waals surface area contributed by atoms with Crippen LogP contribution in [0.4, 0.5) is 0 Å². The number of aryl methyl sites for hydroxylation is 2. The van der Waals surface area contributed by atoms with E-state index >= 15 is 0 Å². The molecule has 94 valence electrons. The van der Waals surface area contributed by atoms with Crippen LogP contribution in [-0.4, -0.2) is 13.1 Å². The van der Waals surface area contributed by atoms with Crippen molar-refractivity contribution in [2.75, 3.05) is 7.11 Å². The van der Waals surface area contributed by atoms with Gasteiger partial charge in [0.15, 0.2) is 0 Å². The van der Waals surface area contributed by atoms with Gasteiger partial charge in [-0.05, 0) is 37.8 Å². The van der Waals surface area contributed by atoms with Crippen molar-refractivity contribution >= 4 is 5.97 Å². The molecule has 0 aliphatic heterocycles. The van der Waals surface area contributed by atoms with E-state index in [1.54, 1.807) is 0 Å². The topological polar surface area (TPSA) is 52.3 Å². The molecule has 1 rings (SSSR count). The largest absolute Gasteiger partial charge is 0.469 e. The highest BCUT2D eigenvalue weighted by Crippen LogP contribution is 2.21. The fraction of sp³-hybridized carbons (Fsp3) is 0.500. The Balaban J connectivity index is 2.52. The standard InChI is InChI=1S/C14H21NO2/c1-10-7-8-12(11(2)9-10)13(15)5-4-6-14(16)17-3/h7-9,13H,4-6,15H2,1-3H3. The number of esters is 1. The van der Waals surface area contributed by atoms with Gasteiger partial charge in [0.05, 0.1) is 7.11 Å². The Morgan fingerprint density at radius 2 is 2.12 bits per heavy atom. The Labute approximate surface area is 103 Å². The molecule has 0 bridgehead atoms. The molecule has 1 aromatic carbocycles. The lowest BCUT2D eigenvalue weighted by Crippen LogP contribution is -2.12. The second-order valence-corrected chi connectivity index (χ2v) is 4.43. The van der Waals surface area contributed by atoms with Gasteiger partial charge in [-0.1, -0.05) is 23.8 Å². The minimum Gasteiger partial charge on any atom is -0.469 e. The summed E-state index contributed by atoms with van der Waals surface area (Å²) in [6, 6.07) is 6.28. The molecule has 0 amide bonds. The highest BCUT2D eigenvalue weighted by atomic mass is 16.5. The monoisotopic (exact) mass is 235 g/mol. The molecule has 0 aromatic heterocycles. The second kappa shape index (κ2) is 6.40. The van der Waals surface area contributed by atoms with Crippen molar-refractivity contribution in [2.45, 2.75) is 39.2 Å². The third-order valence-corrected chi connectivity index (χ3v) is 2.95. The first-order valence-corrected chi connectivity index (χ1v) is 5.94. The van der Waals surface area contributed by atoms with Crippen LogP contribution in [0.5, 0.6) is 0 Å². The molecule has 0 saturated carbocycles. The van der Waals surface area contributed by atoms with E-state index in [2.05, 4.69) is 36.8 Å². The summed E-state index contributed by atoms with van der Waals surface area (Å²) in [5.41, 5.74) is 9.75. The van der Waals surface area contributed by atoms with Crippen LogP contribution < -0.4 is 5.73 Å². The van der Waals surface area contributed by atoms with E-state index in [1.807, 2.05) is 0 Å². The van der Waals surface area contributed by atoms with Crippen molar-refractivity contribution in [2.24, 2.45) is 5.73 Å². The van der Waals surface area contributed by atoms with Crippen molar-refractivity contribution < 1.29 is 9.53 Å². The maximum atomic E-state index is 11.0. The molecule has 1 aromatic rings. The van der Waals surface area contributed by atoms with E-state index in [0.29, 0.717) is 6.42 Å². The molecule has 0 heterocycles. The van der Waals surface area contributed by atoms with E-state index in [-0.39, 0.29) is 12.0 Å². The fourth-order valence-electron chi connectivity index (χ4n) is 1.97. The SMILES string of the molecule is COC(=O)CCCC(N)c1ccc(C)cc1C.